The van der Waals surface area contributed by atoms with Gasteiger partial charge >= 0.3 is 0 Å². The van der Waals surface area contributed by atoms with Crippen LogP contribution in [0.3, 0.4) is 0 Å². The molecule has 1 aromatic rings. The molecule has 0 aliphatic rings. The fraction of sp³-hybridized carbons (Fsp3) is 0.286. The molecule has 1 unspecified atom stereocenters. The summed E-state index contributed by atoms with van der Waals surface area (Å²) in [6, 6.07) is 6.78. The fourth-order valence-electron chi connectivity index (χ4n) is 1.46. The molecule has 2 heteroatoms. The second-order valence-corrected chi connectivity index (χ2v) is 3.80. The predicted molar refractivity (Wildman–Crippen MR) is 64.3 cm³/mol. The molecule has 0 aliphatic heterocycles. The number of Topliss-reactive ketones (excluding diaryl/α,β-unsaturated/α-hetero) is 1. The Bertz CT molecular complexity index is 462. The zero-order valence-electron chi connectivity index (χ0n) is 9.23. The Kier molecular flexibility index (Phi) is 4.30. The molecular formula is C14H13NO. The van der Waals surface area contributed by atoms with Crippen molar-refractivity contribution in [2.24, 2.45) is 5.92 Å². The maximum atomic E-state index is 11.8. The highest BCUT2D eigenvalue weighted by molar-refractivity contribution is 5.97. The van der Waals surface area contributed by atoms with E-state index < -0.39 is 0 Å². The number of terminal acetylenes is 1. The summed E-state index contributed by atoms with van der Waals surface area (Å²) in [5.74, 6) is 2.78. The van der Waals surface area contributed by atoms with Crippen molar-refractivity contribution in [2.75, 3.05) is 0 Å². The lowest BCUT2D eigenvalue weighted by Gasteiger charge is -2.06. The number of rotatable bonds is 4. The second kappa shape index (κ2) is 5.73. The van der Waals surface area contributed by atoms with Crippen LogP contribution in [0.1, 0.15) is 30.1 Å². The van der Waals surface area contributed by atoms with E-state index in [1.807, 2.05) is 6.92 Å². The van der Waals surface area contributed by atoms with Gasteiger partial charge < -0.3 is 0 Å². The molecule has 1 rings (SSSR count). The first-order valence-corrected chi connectivity index (χ1v) is 5.11. The second-order valence-electron chi connectivity index (χ2n) is 3.80. The summed E-state index contributed by atoms with van der Waals surface area (Å²) in [6.07, 6.45) is 6.23. The molecular weight excluding hydrogens is 198 g/mol. The van der Waals surface area contributed by atoms with E-state index in [4.69, 9.17) is 13.0 Å². The lowest BCUT2D eigenvalue weighted by atomic mass is 9.97. The van der Waals surface area contributed by atoms with Crippen LogP contribution < -0.4 is 0 Å². The van der Waals surface area contributed by atoms with Crippen LogP contribution in [0.4, 0.5) is 5.69 Å². The maximum Gasteiger partial charge on any atom is 0.187 e. The highest BCUT2D eigenvalue weighted by Crippen LogP contribution is 2.17. The Morgan fingerprint density at radius 2 is 2.38 bits per heavy atom. The molecule has 0 bridgehead atoms. The monoisotopic (exact) mass is 211 g/mol. The summed E-state index contributed by atoms with van der Waals surface area (Å²) in [5.41, 5.74) is 1.09. The van der Waals surface area contributed by atoms with Crippen LogP contribution in [-0.2, 0) is 0 Å². The van der Waals surface area contributed by atoms with Gasteiger partial charge in [-0.15, -0.1) is 12.3 Å². The van der Waals surface area contributed by atoms with E-state index in [0.29, 0.717) is 24.1 Å². The minimum Gasteiger partial charge on any atom is -0.294 e. The SMILES string of the molecule is [C-]#[N+]c1cccc(C(=O)CC(C)CC#C)c1. The standard InChI is InChI=1S/C14H13NO/c1-4-6-11(2)9-14(16)12-7-5-8-13(10-12)15-3/h1,5,7-8,10-11H,6,9H2,2H3. The van der Waals surface area contributed by atoms with E-state index in [0.717, 1.165) is 0 Å². The largest absolute Gasteiger partial charge is 0.294 e. The van der Waals surface area contributed by atoms with Gasteiger partial charge in [0.05, 0.1) is 6.57 Å². The molecule has 80 valence electrons. The van der Waals surface area contributed by atoms with Crippen LogP contribution in [0.2, 0.25) is 0 Å². The molecule has 1 atom stereocenters. The first-order valence-electron chi connectivity index (χ1n) is 5.11. The summed E-state index contributed by atoms with van der Waals surface area (Å²) in [6.45, 7) is 8.83. The van der Waals surface area contributed by atoms with Gasteiger partial charge in [-0.3, -0.25) is 4.79 Å². The quantitative estimate of drug-likeness (QED) is 0.424. The van der Waals surface area contributed by atoms with Gasteiger partial charge in [-0.2, -0.15) is 0 Å². The fourth-order valence-corrected chi connectivity index (χ4v) is 1.46. The average Bonchev–Trinajstić information content (AvgIpc) is 2.29. The summed E-state index contributed by atoms with van der Waals surface area (Å²) in [5, 5.41) is 0. The molecule has 0 saturated carbocycles. The van der Waals surface area contributed by atoms with Gasteiger partial charge in [0.25, 0.3) is 0 Å². The zero-order valence-corrected chi connectivity index (χ0v) is 9.23. The molecule has 0 saturated heterocycles. The number of benzene rings is 1. The molecule has 2 nitrogen and oxygen atoms in total. The smallest absolute Gasteiger partial charge is 0.187 e. The van der Waals surface area contributed by atoms with E-state index >= 15 is 0 Å². The van der Waals surface area contributed by atoms with E-state index in [1.54, 1.807) is 24.3 Å². The maximum absolute atomic E-state index is 11.8. The summed E-state index contributed by atoms with van der Waals surface area (Å²) < 4.78 is 0. The van der Waals surface area contributed by atoms with Crippen LogP contribution in [0.25, 0.3) is 4.85 Å². The molecule has 0 heterocycles. The number of hydrogen-bond donors (Lipinski definition) is 0. The topological polar surface area (TPSA) is 21.4 Å². The lowest BCUT2D eigenvalue weighted by Crippen LogP contribution is -2.05. The van der Waals surface area contributed by atoms with Gasteiger partial charge in [-0.1, -0.05) is 25.1 Å². The third-order valence-electron chi connectivity index (χ3n) is 2.30. The highest BCUT2D eigenvalue weighted by atomic mass is 16.1. The van der Waals surface area contributed by atoms with Crippen molar-refractivity contribution in [2.45, 2.75) is 19.8 Å². The molecule has 0 spiro atoms. The Balaban J connectivity index is 2.74. The normalized spacial score (nSPS) is 11.2. The number of nitrogens with zero attached hydrogens (tertiary/aromatic N) is 1. The molecule has 0 aliphatic carbocycles. The third-order valence-corrected chi connectivity index (χ3v) is 2.30. The minimum absolute atomic E-state index is 0.0493. The van der Waals surface area contributed by atoms with Crippen molar-refractivity contribution in [3.8, 4) is 12.3 Å². The Hall–Kier alpha value is -2.06. The number of carbonyl (C=O) groups excluding carboxylic acids is 1. The molecule has 0 radical (unpaired) electrons. The first kappa shape index (κ1) is 12.0. The number of hydrogen-bond acceptors (Lipinski definition) is 1. The Morgan fingerprint density at radius 3 is 3.00 bits per heavy atom. The average molecular weight is 211 g/mol. The first-order chi connectivity index (χ1) is 7.67. The molecule has 1 aromatic carbocycles. The molecule has 0 amide bonds. The van der Waals surface area contributed by atoms with Crippen LogP contribution >= 0.6 is 0 Å². The van der Waals surface area contributed by atoms with Gasteiger partial charge in [0.15, 0.2) is 11.5 Å². The van der Waals surface area contributed by atoms with E-state index in [9.17, 15) is 4.79 Å². The van der Waals surface area contributed by atoms with Gasteiger partial charge in [0, 0.05) is 18.4 Å². The van der Waals surface area contributed by atoms with Crippen molar-refractivity contribution < 1.29 is 4.79 Å². The van der Waals surface area contributed by atoms with Crippen LogP contribution in [-0.4, -0.2) is 5.78 Å². The van der Waals surface area contributed by atoms with Crippen LogP contribution in [0.5, 0.6) is 0 Å². The van der Waals surface area contributed by atoms with Crippen molar-refractivity contribution in [1.29, 1.82) is 0 Å². The van der Waals surface area contributed by atoms with Gasteiger partial charge in [-0.05, 0) is 12.0 Å². The van der Waals surface area contributed by atoms with Crippen molar-refractivity contribution in [3.63, 3.8) is 0 Å². The van der Waals surface area contributed by atoms with Crippen molar-refractivity contribution >= 4 is 11.5 Å². The summed E-state index contributed by atoms with van der Waals surface area (Å²) in [4.78, 5) is 15.1. The molecule has 0 fully saturated rings. The van der Waals surface area contributed by atoms with E-state index in [2.05, 4.69) is 10.8 Å². The van der Waals surface area contributed by atoms with Crippen molar-refractivity contribution in [1.82, 2.24) is 0 Å². The minimum atomic E-state index is 0.0493. The van der Waals surface area contributed by atoms with Gasteiger partial charge in [0.1, 0.15) is 0 Å². The molecule has 0 aromatic heterocycles. The van der Waals surface area contributed by atoms with Gasteiger partial charge in [0.2, 0.25) is 0 Å². The van der Waals surface area contributed by atoms with Crippen LogP contribution in [0, 0.1) is 24.8 Å². The molecule has 0 N–H and O–H groups in total. The Labute approximate surface area is 96.1 Å². The van der Waals surface area contributed by atoms with Gasteiger partial charge in [-0.25, -0.2) is 4.85 Å². The number of ketones is 1. The number of carbonyl (C=O) groups is 1. The lowest BCUT2D eigenvalue weighted by molar-refractivity contribution is 0.0965. The zero-order chi connectivity index (χ0) is 12.0. The van der Waals surface area contributed by atoms with E-state index in [-0.39, 0.29) is 11.7 Å². The summed E-state index contributed by atoms with van der Waals surface area (Å²) >= 11 is 0. The highest BCUT2D eigenvalue weighted by Gasteiger charge is 2.10. The Morgan fingerprint density at radius 1 is 1.62 bits per heavy atom. The van der Waals surface area contributed by atoms with E-state index in [1.165, 1.54) is 0 Å². The van der Waals surface area contributed by atoms with Crippen LogP contribution in [0.15, 0.2) is 24.3 Å². The van der Waals surface area contributed by atoms with Crippen molar-refractivity contribution in [3.05, 3.63) is 41.2 Å². The third kappa shape index (κ3) is 3.26. The predicted octanol–water partition coefficient (Wildman–Crippen LogP) is 3.47. The molecule has 16 heavy (non-hydrogen) atoms. The summed E-state index contributed by atoms with van der Waals surface area (Å²) in [7, 11) is 0.